The van der Waals surface area contributed by atoms with Crippen LogP contribution in [0.2, 0.25) is 5.02 Å². The minimum atomic E-state index is -0.591. The first-order chi connectivity index (χ1) is 11.9. The molecular formula is C16H15ClN4O4. The standard InChI is InChI=1S/C16H15ClN4O4/c1-10-13(17)3-2-4-14(10)18-9-16(23)20-19-8-11-7-12(21(24)25)5-6-15(11)22/h2-8,18,22H,9H2,1H3,(H,20,23)/b19-8+. The fourth-order valence-corrected chi connectivity index (χ4v) is 2.12. The summed E-state index contributed by atoms with van der Waals surface area (Å²) in [4.78, 5) is 21.9. The van der Waals surface area contributed by atoms with Crippen molar-refractivity contribution >= 4 is 35.1 Å². The van der Waals surface area contributed by atoms with Gasteiger partial charge in [-0.3, -0.25) is 14.9 Å². The number of non-ortho nitro benzene ring substituents is 1. The van der Waals surface area contributed by atoms with Crippen molar-refractivity contribution in [3.05, 3.63) is 62.7 Å². The molecule has 0 radical (unpaired) electrons. The van der Waals surface area contributed by atoms with Gasteiger partial charge in [-0.1, -0.05) is 17.7 Å². The van der Waals surface area contributed by atoms with Crippen molar-refractivity contribution < 1.29 is 14.8 Å². The molecule has 0 saturated carbocycles. The van der Waals surface area contributed by atoms with Gasteiger partial charge in [0.05, 0.1) is 17.7 Å². The molecule has 0 bridgehead atoms. The van der Waals surface area contributed by atoms with Gasteiger partial charge in [0.15, 0.2) is 0 Å². The second-order valence-corrected chi connectivity index (χ2v) is 5.47. The first kappa shape index (κ1) is 18.2. The number of rotatable bonds is 6. The minimum Gasteiger partial charge on any atom is -0.507 e. The molecule has 9 heteroatoms. The lowest BCUT2D eigenvalue weighted by molar-refractivity contribution is -0.384. The SMILES string of the molecule is Cc1c(Cl)cccc1NCC(=O)N/N=C/c1cc([N+](=O)[O-])ccc1O. The number of amides is 1. The van der Waals surface area contributed by atoms with Gasteiger partial charge in [0.25, 0.3) is 11.6 Å². The number of carbonyl (C=O) groups excluding carboxylic acids is 1. The molecule has 0 unspecified atom stereocenters. The Labute approximate surface area is 148 Å². The molecule has 0 aromatic heterocycles. The highest BCUT2D eigenvalue weighted by atomic mass is 35.5. The summed E-state index contributed by atoms with van der Waals surface area (Å²) in [5, 5.41) is 27.5. The van der Waals surface area contributed by atoms with Crippen LogP contribution in [0.5, 0.6) is 5.75 Å². The highest BCUT2D eigenvalue weighted by Crippen LogP contribution is 2.23. The highest BCUT2D eigenvalue weighted by Gasteiger charge is 2.09. The number of halogens is 1. The third-order valence-corrected chi connectivity index (χ3v) is 3.73. The lowest BCUT2D eigenvalue weighted by atomic mass is 10.2. The van der Waals surface area contributed by atoms with E-state index < -0.39 is 10.8 Å². The molecule has 0 spiro atoms. The fourth-order valence-electron chi connectivity index (χ4n) is 1.95. The summed E-state index contributed by atoms with van der Waals surface area (Å²) in [5.74, 6) is -0.614. The number of hydrazone groups is 1. The molecule has 0 aliphatic heterocycles. The topological polar surface area (TPSA) is 117 Å². The number of phenols is 1. The van der Waals surface area contributed by atoms with Gasteiger partial charge in [0, 0.05) is 28.4 Å². The van der Waals surface area contributed by atoms with E-state index in [0.717, 1.165) is 23.5 Å². The fraction of sp³-hybridized carbons (Fsp3) is 0.125. The molecule has 0 heterocycles. The normalized spacial score (nSPS) is 10.6. The molecule has 8 nitrogen and oxygen atoms in total. The van der Waals surface area contributed by atoms with E-state index in [9.17, 15) is 20.0 Å². The molecule has 1 amide bonds. The first-order valence-electron chi connectivity index (χ1n) is 7.17. The summed E-state index contributed by atoms with van der Waals surface area (Å²) in [7, 11) is 0. The van der Waals surface area contributed by atoms with Crippen LogP contribution in [0.4, 0.5) is 11.4 Å². The molecular weight excluding hydrogens is 348 g/mol. The number of benzene rings is 2. The molecule has 2 rings (SSSR count). The maximum atomic E-state index is 11.8. The van der Waals surface area contributed by atoms with Crippen LogP contribution in [0.1, 0.15) is 11.1 Å². The number of hydrogen-bond donors (Lipinski definition) is 3. The Kier molecular flexibility index (Phi) is 5.91. The first-order valence-corrected chi connectivity index (χ1v) is 7.54. The number of nitrogens with one attached hydrogen (secondary N) is 2. The van der Waals surface area contributed by atoms with Gasteiger partial charge in [-0.15, -0.1) is 0 Å². The summed E-state index contributed by atoms with van der Waals surface area (Å²) < 4.78 is 0. The van der Waals surface area contributed by atoms with Crippen molar-refractivity contribution in [2.24, 2.45) is 5.10 Å². The van der Waals surface area contributed by atoms with Crippen molar-refractivity contribution in [2.45, 2.75) is 6.92 Å². The van der Waals surface area contributed by atoms with E-state index >= 15 is 0 Å². The third-order valence-electron chi connectivity index (χ3n) is 3.32. The monoisotopic (exact) mass is 362 g/mol. The van der Waals surface area contributed by atoms with E-state index in [0.29, 0.717) is 5.02 Å². The van der Waals surface area contributed by atoms with Gasteiger partial charge in [-0.25, -0.2) is 5.43 Å². The average molecular weight is 363 g/mol. The van der Waals surface area contributed by atoms with Crippen molar-refractivity contribution in [2.75, 3.05) is 11.9 Å². The Morgan fingerprint density at radius 3 is 2.88 bits per heavy atom. The van der Waals surface area contributed by atoms with Crippen molar-refractivity contribution in [1.82, 2.24) is 5.43 Å². The van der Waals surface area contributed by atoms with Crippen LogP contribution in [-0.4, -0.2) is 28.7 Å². The van der Waals surface area contributed by atoms with Gasteiger partial charge in [0.2, 0.25) is 0 Å². The van der Waals surface area contributed by atoms with Crippen molar-refractivity contribution in [3.8, 4) is 5.75 Å². The maximum Gasteiger partial charge on any atom is 0.270 e. The van der Waals surface area contributed by atoms with Crippen LogP contribution in [0.25, 0.3) is 0 Å². The molecule has 0 aliphatic carbocycles. The highest BCUT2D eigenvalue weighted by molar-refractivity contribution is 6.31. The number of nitrogens with zero attached hydrogens (tertiary/aromatic N) is 2. The molecule has 0 fully saturated rings. The van der Waals surface area contributed by atoms with Crippen LogP contribution in [0.3, 0.4) is 0 Å². The molecule has 0 aliphatic rings. The Morgan fingerprint density at radius 2 is 2.16 bits per heavy atom. The lowest BCUT2D eigenvalue weighted by Gasteiger charge is -2.09. The Bertz CT molecular complexity index is 839. The smallest absolute Gasteiger partial charge is 0.270 e. The molecule has 3 N–H and O–H groups in total. The van der Waals surface area contributed by atoms with Crippen molar-refractivity contribution in [1.29, 1.82) is 0 Å². The Hall–Kier alpha value is -3.13. The van der Waals surface area contributed by atoms with Crippen LogP contribution in [0.15, 0.2) is 41.5 Å². The second kappa shape index (κ2) is 8.11. The molecule has 0 saturated heterocycles. The zero-order chi connectivity index (χ0) is 18.4. The van der Waals surface area contributed by atoms with Gasteiger partial charge in [-0.2, -0.15) is 5.10 Å². The Balaban J connectivity index is 1.93. The predicted molar refractivity (Wildman–Crippen MR) is 95.2 cm³/mol. The van der Waals surface area contributed by atoms with Crippen LogP contribution in [0, 0.1) is 17.0 Å². The zero-order valence-electron chi connectivity index (χ0n) is 13.2. The van der Waals surface area contributed by atoms with Crippen molar-refractivity contribution in [3.63, 3.8) is 0 Å². The largest absolute Gasteiger partial charge is 0.507 e. The van der Waals surface area contributed by atoms with Crippen LogP contribution in [-0.2, 0) is 4.79 Å². The molecule has 0 atom stereocenters. The average Bonchev–Trinajstić information content (AvgIpc) is 2.57. The molecule has 25 heavy (non-hydrogen) atoms. The summed E-state index contributed by atoms with van der Waals surface area (Å²) in [6.07, 6.45) is 1.13. The van der Waals surface area contributed by atoms with E-state index in [-0.39, 0.29) is 23.5 Å². The third kappa shape index (κ3) is 4.92. The second-order valence-electron chi connectivity index (χ2n) is 5.06. The van der Waals surface area contributed by atoms with E-state index in [2.05, 4.69) is 15.8 Å². The number of carbonyl (C=O) groups is 1. The van der Waals surface area contributed by atoms with Crippen LogP contribution < -0.4 is 10.7 Å². The van der Waals surface area contributed by atoms with Gasteiger partial charge in [0.1, 0.15) is 5.75 Å². The van der Waals surface area contributed by atoms with E-state index in [1.54, 1.807) is 18.2 Å². The number of nitro benzene ring substituents is 1. The number of phenolic OH excluding ortho intramolecular Hbond substituents is 1. The predicted octanol–water partition coefficient (Wildman–Crippen LogP) is 2.82. The quantitative estimate of drug-likeness (QED) is 0.415. The number of hydrogen-bond acceptors (Lipinski definition) is 6. The minimum absolute atomic E-state index is 0.0422. The van der Waals surface area contributed by atoms with Gasteiger partial charge < -0.3 is 10.4 Å². The summed E-state index contributed by atoms with van der Waals surface area (Å²) >= 11 is 5.99. The van der Waals surface area contributed by atoms with E-state index in [1.165, 1.54) is 12.1 Å². The molecule has 2 aromatic rings. The maximum absolute atomic E-state index is 11.8. The summed E-state index contributed by atoms with van der Waals surface area (Å²) in [5.41, 5.74) is 3.74. The zero-order valence-corrected chi connectivity index (χ0v) is 13.9. The van der Waals surface area contributed by atoms with Gasteiger partial charge >= 0.3 is 0 Å². The molecule has 130 valence electrons. The molecule has 2 aromatic carbocycles. The van der Waals surface area contributed by atoms with E-state index in [1.807, 2.05) is 6.92 Å². The van der Waals surface area contributed by atoms with Gasteiger partial charge in [-0.05, 0) is 30.7 Å². The number of anilines is 1. The van der Waals surface area contributed by atoms with E-state index in [4.69, 9.17) is 11.6 Å². The summed E-state index contributed by atoms with van der Waals surface area (Å²) in [6.45, 7) is 1.78. The summed E-state index contributed by atoms with van der Waals surface area (Å²) in [6, 6.07) is 8.81. The number of aromatic hydroxyl groups is 1. The Morgan fingerprint density at radius 1 is 1.40 bits per heavy atom. The van der Waals surface area contributed by atoms with Crippen LogP contribution >= 0.6 is 11.6 Å². The lowest BCUT2D eigenvalue weighted by Crippen LogP contribution is -2.26. The number of nitro groups is 1.